The van der Waals surface area contributed by atoms with E-state index in [0.717, 1.165) is 30.2 Å². The molecule has 140 valence electrons. The van der Waals surface area contributed by atoms with E-state index in [1.807, 2.05) is 38.1 Å². The number of benzene rings is 1. The molecule has 0 spiro atoms. The van der Waals surface area contributed by atoms with E-state index < -0.39 is 0 Å². The number of rotatable bonds is 6. The van der Waals surface area contributed by atoms with Gasteiger partial charge in [0.05, 0.1) is 26.4 Å². The van der Waals surface area contributed by atoms with Crippen LogP contribution in [0.1, 0.15) is 33.5 Å². The molecule has 3 rings (SSSR count). The van der Waals surface area contributed by atoms with Crippen molar-refractivity contribution in [3.63, 3.8) is 0 Å². The lowest BCUT2D eigenvalue weighted by molar-refractivity contribution is 0.0117. The molecule has 1 aromatic heterocycles. The molecule has 1 amide bonds. The average Bonchev–Trinajstić information content (AvgIpc) is 3.09. The van der Waals surface area contributed by atoms with E-state index in [9.17, 15) is 4.79 Å². The number of carbonyl (C=O) groups excluding carboxylic acids is 1. The van der Waals surface area contributed by atoms with Crippen molar-refractivity contribution in [1.29, 1.82) is 0 Å². The van der Waals surface area contributed by atoms with Gasteiger partial charge < -0.3 is 19.2 Å². The lowest BCUT2D eigenvalue weighted by Gasteiger charge is -2.33. The van der Waals surface area contributed by atoms with Crippen molar-refractivity contribution in [2.45, 2.75) is 19.9 Å². The van der Waals surface area contributed by atoms with Crippen LogP contribution in [0.3, 0.4) is 0 Å². The summed E-state index contributed by atoms with van der Waals surface area (Å²) in [5, 5.41) is 3.04. The van der Waals surface area contributed by atoms with Crippen LogP contribution < -0.4 is 10.1 Å². The number of morpholine rings is 1. The molecule has 1 saturated heterocycles. The second-order valence-electron chi connectivity index (χ2n) is 6.51. The standard InChI is InChI=1S/C20H26N2O4/c1-14-4-6-16(12-19(14)24-3)20(23)21-13-17(18-7-5-15(2)26-18)22-8-10-25-11-9-22/h4-7,12,17H,8-11,13H2,1-3H3,(H,21,23). The van der Waals surface area contributed by atoms with E-state index in [4.69, 9.17) is 13.9 Å². The Morgan fingerprint density at radius 1 is 1.23 bits per heavy atom. The number of nitrogens with zero attached hydrogens (tertiary/aromatic N) is 1. The third kappa shape index (κ3) is 4.26. The second-order valence-corrected chi connectivity index (χ2v) is 6.51. The zero-order valence-corrected chi connectivity index (χ0v) is 15.6. The Hall–Kier alpha value is -2.31. The van der Waals surface area contributed by atoms with Crippen molar-refractivity contribution < 1.29 is 18.7 Å². The second kappa shape index (κ2) is 8.38. The molecular weight excluding hydrogens is 332 g/mol. The number of carbonyl (C=O) groups is 1. The first-order chi connectivity index (χ1) is 12.6. The third-order valence-corrected chi connectivity index (χ3v) is 4.70. The summed E-state index contributed by atoms with van der Waals surface area (Å²) in [5.74, 6) is 2.33. The molecule has 0 radical (unpaired) electrons. The summed E-state index contributed by atoms with van der Waals surface area (Å²) < 4.78 is 16.6. The molecule has 2 aromatic rings. The molecule has 1 aliphatic rings. The maximum atomic E-state index is 12.6. The lowest BCUT2D eigenvalue weighted by Crippen LogP contribution is -2.43. The summed E-state index contributed by atoms with van der Waals surface area (Å²) in [4.78, 5) is 14.9. The first-order valence-corrected chi connectivity index (χ1v) is 8.89. The number of hydrogen-bond acceptors (Lipinski definition) is 5. The Morgan fingerprint density at radius 2 is 2.00 bits per heavy atom. The topological polar surface area (TPSA) is 63.9 Å². The fourth-order valence-corrected chi connectivity index (χ4v) is 3.18. The lowest BCUT2D eigenvalue weighted by atomic mass is 10.1. The summed E-state index contributed by atoms with van der Waals surface area (Å²) in [6.45, 7) is 7.38. The highest BCUT2D eigenvalue weighted by Gasteiger charge is 2.26. The van der Waals surface area contributed by atoms with Gasteiger partial charge in [0, 0.05) is 25.2 Å². The van der Waals surface area contributed by atoms with Gasteiger partial charge in [-0.2, -0.15) is 0 Å². The van der Waals surface area contributed by atoms with Crippen LogP contribution in [0.2, 0.25) is 0 Å². The summed E-state index contributed by atoms with van der Waals surface area (Å²) in [6.07, 6.45) is 0. The van der Waals surface area contributed by atoms with Crippen LogP contribution in [-0.2, 0) is 4.74 Å². The van der Waals surface area contributed by atoms with Crippen molar-refractivity contribution in [2.24, 2.45) is 0 Å². The molecule has 1 aromatic carbocycles. The van der Waals surface area contributed by atoms with Gasteiger partial charge in [0.2, 0.25) is 0 Å². The predicted octanol–water partition coefficient (Wildman–Crippen LogP) is 2.71. The number of amides is 1. The SMILES string of the molecule is COc1cc(C(=O)NCC(c2ccc(C)o2)N2CCOCC2)ccc1C. The van der Waals surface area contributed by atoms with E-state index in [0.29, 0.717) is 31.1 Å². The van der Waals surface area contributed by atoms with E-state index in [1.54, 1.807) is 13.2 Å². The van der Waals surface area contributed by atoms with Gasteiger partial charge in [0.25, 0.3) is 5.91 Å². The van der Waals surface area contributed by atoms with Crippen LogP contribution in [0.15, 0.2) is 34.7 Å². The van der Waals surface area contributed by atoms with E-state index in [-0.39, 0.29) is 11.9 Å². The zero-order valence-electron chi connectivity index (χ0n) is 15.6. The predicted molar refractivity (Wildman–Crippen MR) is 98.6 cm³/mol. The molecule has 2 heterocycles. The number of methoxy groups -OCH3 is 1. The molecule has 1 N–H and O–H groups in total. The molecule has 0 saturated carbocycles. The highest BCUT2D eigenvalue weighted by molar-refractivity contribution is 5.94. The highest BCUT2D eigenvalue weighted by Crippen LogP contribution is 2.24. The summed E-state index contributed by atoms with van der Waals surface area (Å²) >= 11 is 0. The van der Waals surface area contributed by atoms with Crippen LogP contribution in [0, 0.1) is 13.8 Å². The van der Waals surface area contributed by atoms with Gasteiger partial charge in [-0.1, -0.05) is 6.07 Å². The molecule has 1 atom stereocenters. The fourth-order valence-electron chi connectivity index (χ4n) is 3.18. The molecule has 1 unspecified atom stereocenters. The average molecular weight is 358 g/mol. The number of furan rings is 1. The van der Waals surface area contributed by atoms with Gasteiger partial charge >= 0.3 is 0 Å². The summed E-state index contributed by atoms with van der Waals surface area (Å²) in [5.41, 5.74) is 1.59. The summed E-state index contributed by atoms with van der Waals surface area (Å²) in [6, 6.07) is 9.40. The smallest absolute Gasteiger partial charge is 0.251 e. The van der Waals surface area contributed by atoms with E-state index in [1.165, 1.54) is 0 Å². The fraction of sp³-hybridized carbons (Fsp3) is 0.450. The first kappa shape index (κ1) is 18.5. The minimum atomic E-state index is -0.121. The van der Waals surface area contributed by atoms with Gasteiger partial charge in [0.15, 0.2) is 0 Å². The number of hydrogen-bond donors (Lipinski definition) is 1. The Balaban J connectivity index is 1.71. The maximum absolute atomic E-state index is 12.6. The van der Waals surface area contributed by atoms with Crippen molar-refractivity contribution in [1.82, 2.24) is 10.2 Å². The normalized spacial score (nSPS) is 16.3. The molecule has 0 aliphatic carbocycles. The molecule has 1 fully saturated rings. The van der Waals surface area contributed by atoms with Gasteiger partial charge in [-0.25, -0.2) is 0 Å². The molecule has 6 heteroatoms. The van der Waals surface area contributed by atoms with Crippen molar-refractivity contribution >= 4 is 5.91 Å². The van der Waals surface area contributed by atoms with Crippen LogP contribution in [-0.4, -0.2) is 50.8 Å². The maximum Gasteiger partial charge on any atom is 0.251 e. The van der Waals surface area contributed by atoms with Gasteiger partial charge in [-0.05, 0) is 43.7 Å². The monoisotopic (exact) mass is 358 g/mol. The first-order valence-electron chi connectivity index (χ1n) is 8.89. The molecular formula is C20H26N2O4. The van der Waals surface area contributed by atoms with E-state index >= 15 is 0 Å². The number of nitrogens with one attached hydrogen (secondary N) is 1. The zero-order chi connectivity index (χ0) is 18.5. The van der Waals surface area contributed by atoms with Crippen molar-refractivity contribution in [3.8, 4) is 5.75 Å². The minimum absolute atomic E-state index is 0.0103. The minimum Gasteiger partial charge on any atom is -0.496 e. The Bertz CT molecular complexity index is 750. The summed E-state index contributed by atoms with van der Waals surface area (Å²) in [7, 11) is 1.61. The molecule has 26 heavy (non-hydrogen) atoms. The third-order valence-electron chi connectivity index (χ3n) is 4.70. The Morgan fingerprint density at radius 3 is 2.65 bits per heavy atom. The Kier molecular flexibility index (Phi) is 5.96. The quantitative estimate of drug-likeness (QED) is 0.860. The number of aryl methyl sites for hydroxylation is 2. The van der Waals surface area contributed by atoms with Gasteiger partial charge in [-0.3, -0.25) is 9.69 Å². The van der Waals surface area contributed by atoms with Crippen molar-refractivity contribution in [2.75, 3.05) is 40.0 Å². The van der Waals surface area contributed by atoms with Crippen LogP contribution in [0.25, 0.3) is 0 Å². The largest absolute Gasteiger partial charge is 0.496 e. The van der Waals surface area contributed by atoms with Crippen molar-refractivity contribution in [3.05, 3.63) is 53.0 Å². The van der Waals surface area contributed by atoms with Crippen LogP contribution in [0.5, 0.6) is 5.75 Å². The van der Waals surface area contributed by atoms with E-state index in [2.05, 4.69) is 10.2 Å². The number of ether oxygens (including phenoxy) is 2. The van der Waals surface area contributed by atoms with Crippen LogP contribution in [0.4, 0.5) is 0 Å². The van der Waals surface area contributed by atoms with Gasteiger partial charge in [-0.15, -0.1) is 0 Å². The van der Waals surface area contributed by atoms with Crippen LogP contribution >= 0.6 is 0 Å². The highest BCUT2D eigenvalue weighted by atomic mass is 16.5. The van der Waals surface area contributed by atoms with Gasteiger partial charge in [0.1, 0.15) is 17.3 Å². The molecule has 6 nitrogen and oxygen atoms in total. The molecule has 0 bridgehead atoms. The Labute approximate surface area is 154 Å². The molecule has 1 aliphatic heterocycles.